The van der Waals surface area contributed by atoms with Gasteiger partial charge in [-0.25, -0.2) is 9.37 Å². The molecule has 0 saturated carbocycles. The van der Waals surface area contributed by atoms with Crippen molar-refractivity contribution in [3.63, 3.8) is 0 Å². The maximum absolute atomic E-state index is 13.4. The van der Waals surface area contributed by atoms with Crippen LogP contribution in [0.5, 0.6) is 0 Å². The molecule has 0 aliphatic heterocycles. The molecule has 0 aliphatic carbocycles. The molecule has 0 atom stereocenters. The number of benzene rings is 1. The van der Waals surface area contributed by atoms with Gasteiger partial charge in [0, 0.05) is 23.7 Å². The summed E-state index contributed by atoms with van der Waals surface area (Å²) in [6, 6.07) is 4.63. The Bertz CT molecular complexity index is 572. The van der Waals surface area contributed by atoms with Crippen LogP contribution in [-0.2, 0) is 5.75 Å². The summed E-state index contributed by atoms with van der Waals surface area (Å²) in [4.78, 5) is 7.05. The lowest BCUT2D eigenvalue weighted by molar-refractivity contribution is 0.350. The maximum atomic E-state index is 13.4. The number of imidazole rings is 1. The molecule has 92 valence electrons. The van der Waals surface area contributed by atoms with Gasteiger partial charge in [0.1, 0.15) is 12.4 Å². The number of hydrogen-bond donors (Lipinski definition) is 2. The van der Waals surface area contributed by atoms with Gasteiger partial charge in [0.05, 0.1) is 0 Å². The van der Waals surface area contributed by atoms with Gasteiger partial charge in [0.25, 0.3) is 0 Å². The molecule has 0 fully saturated rings. The molecular formula is C13H11FN2OS. The Labute approximate surface area is 108 Å². The average Bonchev–Trinajstić information content (AvgIpc) is 2.86. The van der Waals surface area contributed by atoms with E-state index in [-0.39, 0.29) is 12.4 Å². The van der Waals surface area contributed by atoms with E-state index in [1.807, 2.05) is 6.07 Å². The monoisotopic (exact) mass is 262 g/mol. The van der Waals surface area contributed by atoms with Crippen molar-refractivity contribution < 1.29 is 9.50 Å². The van der Waals surface area contributed by atoms with Gasteiger partial charge >= 0.3 is 0 Å². The van der Waals surface area contributed by atoms with Crippen LogP contribution in [0.2, 0.25) is 0 Å². The molecule has 2 N–H and O–H groups in total. The first kappa shape index (κ1) is 12.7. The van der Waals surface area contributed by atoms with E-state index in [2.05, 4.69) is 21.8 Å². The van der Waals surface area contributed by atoms with Gasteiger partial charge in [0.15, 0.2) is 5.16 Å². The van der Waals surface area contributed by atoms with Crippen LogP contribution < -0.4 is 0 Å². The van der Waals surface area contributed by atoms with Crippen molar-refractivity contribution >= 4 is 11.8 Å². The minimum absolute atomic E-state index is 0.229. The molecule has 0 saturated heterocycles. The summed E-state index contributed by atoms with van der Waals surface area (Å²) in [7, 11) is 0. The number of nitrogens with one attached hydrogen (secondary N) is 1. The molecule has 1 aromatic heterocycles. The van der Waals surface area contributed by atoms with Crippen molar-refractivity contribution in [1.29, 1.82) is 0 Å². The summed E-state index contributed by atoms with van der Waals surface area (Å²) >= 11 is 1.49. The molecule has 0 aliphatic rings. The third kappa shape index (κ3) is 3.62. The molecule has 0 amide bonds. The molecule has 1 aromatic carbocycles. The summed E-state index contributed by atoms with van der Waals surface area (Å²) in [5.41, 5.74) is 1.40. The fourth-order valence-corrected chi connectivity index (χ4v) is 2.19. The predicted octanol–water partition coefficient (Wildman–Crippen LogP) is 2.18. The summed E-state index contributed by atoms with van der Waals surface area (Å²) in [5, 5.41) is 9.40. The number of hydrogen-bond acceptors (Lipinski definition) is 3. The summed E-state index contributed by atoms with van der Waals surface area (Å²) in [6.07, 6.45) is 3.41. The highest BCUT2D eigenvalue weighted by Crippen LogP contribution is 2.20. The fraction of sp³-hybridized carbons (Fsp3) is 0.154. The number of aliphatic hydroxyl groups is 1. The molecule has 2 rings (SSSR count). The van der Waals surface area contributed by atoms with E-state index < -0.39 is 0 Å². The van der Waals surface area contributed by atoms with E-state index in [1.54, 1.807) is 12.4 Å². The number of aromatic amines is 1. The standard InChI is InChI=1S/C13H11FN2OS/c14-12-7-10(2-1-5-17)6-11(8-12)9-18-13-15-3-4-16-13/h3-4,6-8,17H,5,9H2,(H,15,16). The number of rotatable bonds is 3. The molecule has 3 nitrogen and oxygen atoms in total. The molecule has 0 spiro atoms. The largest absolute Gasteiger partial charge is 0.384 e. The van der Waals surface area contributed by atoms with Crippen LogP contribution in [0.3, 0.4) is 0 Å². The Balaban J connectivity index is 2.10. The van der Waals surface area contributed by atoms with Crippen LogP contribution >= 0.6 is 11.8 Å². The van der Waals surface area contributed by atoms with Gasteiger partial charge in [-0.2, -0.15) is 0 Å². The van der Waals surface area contributed by atoms with Crippen LogP contribution in [0.4, 0.5) is 4.39 Å². The second-order valence-electron chi connectivity index (χ2n) is 3.49. The summed E-state index contributed by atoms with van der Waals surface area (Å²) in [6.45, 7) is -0.229. The lowest BCUT2D eigenvalue weighted by Crippen LogP contribution is -1.88. The van der Waals surface area contributed by atoms with E-state index in [1.165, 1.54) is 23.9 Å². The van der Waals surface area contributed by atoms with Gasteiger partial charge in [-0.15, -0.1) is 0 Å². The molecule has 5 heteroatoms. The Hall–Kier alpha value is -1.77. The Kier molecular flexibility index (Phi) is 4.40. The van der Waals surface area contributed by atoms with Crippen LogP contribution in [-0.4, -0.2) is 21.7 Å². The zero-order chi connectivity index (χ0) is 12.8. The predicted molar refractivity (Wildman–Crippen MR) is 68.5 cm³/mol. The van der Waals surface area contributed by atoms with Gasteiger partial charge < -0.3 is 10.1 Å². The number of nitrogens with zero attached hydrogens (tertiary/aromatic N) is 1. The number of aliphatic hydroxyl groups excluding tert-OH is 1. The van der Waals surface area contributed by atoms with Crippen LogP contribution in [0.1, 0.15) is 11.1 Å². The molecule has 2 aromatic rings. The first-order valence-electron chi connectivity index (χ1n) is 5.29. The highest BCUT2D eigenvalue weighted by Gasteiger charge is 2.02. The Morgan fingerprint density at radius 2 is 2.28 bits per heavy atom. The van der Waals surface area contributed by atoms with E-state index in [9.17, 15) is 4.39 Å². The topological polar surface area (TPSA) is 48.9 Å². The lowest BCUT2D eigenvalue weighted by Gasteiger charge is -2.01. The first-order valence-corrected chi connectivity index (χ1v) is 6.28. The number of halogens is 1. The summed E-state index contributed by atoms with van der Waals surface area (Å²) < 4.78 is 13.4. The van der Waals surface area contributed by atoms with Crippen LogP contribution in [0.15, 0.2) is 35.7 Å². The Morgan fingerprint density at radius 3 is 3.00 bits per heavy atom. The van der Waals surface area contributed by atoms with Crippen LogP contribution in [0.25, 0.3) is 0 Å². The summed E-state index contributed by atoms with van der Waals surface area (Å²) in [5.74, 6) is 5.48. The smallest absolute Gasteiger partial charge is 0.165 e. The zero-order valence-electron chi connectivity index (χ0n) is 9.48. The Morgan fingerprint density at radius 1 is 1.39 bits per heavy atom. The maximum Gasteiger partial charge on any atom is 0.165 e. The highest BCUT2D eigenvalue weighted by atomic mass is 32.2. The van der Waals surface area contributed by atoms with Crippen molar-refractivity contribution in [2.75, 3.05) is 6.61 Å². The number of thioether (sulfide) groups is 1. The van der Waals surface area contributed by atoms with Crippen LogP contribution in [0, 0.1) is 17.7 Å². The third-order valence-electron chi connectivity index (χ3n) is 2.12. The van der Waals surface area contributed by atoms with Gasteiger partial charge in [0.2, 0.25) is 0 Å². The normalized spacial score (nSPS) is 9.89. The molecule has 0 unspecified atom stereocenters. The van der Waals surface area contributed by atoms with E-state index in [0.717, 1.165) is 10.7 Å². The van der Waals surface area contributed by atoms with Crippen molar-refractivity contribution in [2.24, 2.45) is 0 Å². The number of H-pyrrole nitrogens is 1. The molecular weight excluding hydrogens is 251 g/mol. The van der Waals surface area contributed by atoms with Crippen molar-refractivity contribution in [3.05, 3.63) is 47.5 Å². The molecule has 18 heavy (non-hydrogen) atoms. The van der Waals surface area contributed by atoms with Gasteiger partial charge in [-0.05, 0) is 23.8 Å². The second-order valence-corrected chi connectivity index (χ2v) is 4.46. The van der Waals surface area contributed by atoms with Crippen molar-refractivity contribution in [3.8, 4) is 11.8 Å². The van der Waals surface area contributed by atoms with Gasteiger partial charge in [-0.3, -0.25) is 0 Å². The number of aromatic nitrogens is 2. The van der Waals surface area contributed by atoms with E-state index >= 15 is 0 Å². The average molecular weight is 262 g/mol. The zero-order valence-corrected chi connectivity index (χ0v) is 10.3. The lowest BCUT2D eigenvalue weighted by atomic mass is 10.1. The molecule has 0 bridgehead atoms. The highest BCUT2D eigenvalue weighted by molar-refractivity contribution is 7.98. The molecule has 0 radical (unpaired) electrons. The van der Waals surface area contributed by atoms with E-state index in [4.69, 9.17) is 5.11 Å². The minimum Gasteiger partial charge on any atom is -0.384 e. The third-order valence-corrected chi connectivity index (χ3v) is 3.09. The van der Waals surface area contributed by atoms with Crippen molar-refractivity contribution in [2.45, 2.75) is 10.9 Å². The SMILES string of the molecule is OCC#Cc1cc(F)cc(CSc2ncc[nH]2)c1. The van der Waals surface area contributed by atoms with Gasteiger partial charge in [-0.1, -0.05) is 23.6 Å². The fourth-order valence-electron chi connectivity index (χ4n) is 1.43. The van der Waals surface area contributed by atoms with E-state index in [0.29, 0.717) is 11.3 Å². The first-order chi connectivity index (χ1) is 8.78. The molecule has 1 heterocycles. The quantitative estimate of drug-likeness (QED) is 0.658. The minimum atomic E-state index is -0.324. The van der Waals surface area contributed by atoms with Crippen molar-refractivity contribution in [1.82, 2.24) is 9.97 Å². The second kappa shape index (κ2) is 6.24.